The maximum Gasteiger partial charge on any atom is 0.319 e. The van der Waals surface area contributed by atoms with Gasteiger partial charge in [-0.05, 0) is 44.3 Å². The first-order valence-corrected chi connectivity index (χ1v) is 9.44. The van der Waals surface area contributed by atoms with E-state index in [9.17, 15) is 9.18 Å². The first-order valence-electron chi connectivity index (χ1n) is 8.39. The first kappa shape index (κ1) is 20.8. The van der Waals surface area contributed by atoms with Crippen LogP contribution in [0.25, 0.3) is 0 Å². The third kappa shape index (κ3) is 13.2. The van der Waals surface area contributed by atoms with Crippen molar-refractivity contribution in [1.82, 2.24) is 0 Å². The summed E-state index contributed by atoms with van der Waals surface area (Å²) in [6.07, 6.45) is 6.07. The number of esters is 1. The Morgan fingerprint density at radius 3 is 2.33 bits per heavy atom. The predicted molar refractivity (Wildman–Crippen MR) is 90.6 cm³/mol. The molecule has 0 aliphatic heterocycles. The number of alkyl halides is 1. The molecule has 0 saturated heterocycles. The molecule has 0 heterocycles. The van der Waals surface area contributed by atoms with Gasteiger partial charge in [0, 0.05) is 0 Å². The summed E-state index contributed by atoms with van der Waals surface area (Å²) in [7, 11) is 0. The molecule has 0 radical (unpaired) electrons. The molecule has 2 atom stereocenters. The molecule has 0 aromatic heterocycles. The summed E-state index contributed by atoms with van der Waals surface area (Å²) < 4.78 is 18.1. The summed E-state index contributed by atoms with van der Waals surface area (Å²) in [6.45, 7) is 8.36. The summed E-state index contributed by atoms with van der Waals surface area (Å²) in [6, 6.07) is 0. The Labute approximate surface area is 134 Å². The zero-order valence-corrected chi connectivity index (χ0v) is 15.0. The van der Waals surface area contributed by atoms with E-state index in [0.29, 0.717) is 18.9 Å². The van der Waals surface area contributed by atoms with Crippen LogP contribution in [0.4, 0.5) is 4.39 Å². The van der Waals surface area contributed by atoms with Gasteiger partial charge in [0.1, 0.15) is 5.25 Å². The van der Waals surface area contributed by atoms with Gasteiger partial charge in [-0.15, -0.1) is 11.8 Å². The van der Waals surface area contributed by atoms with E-state index >= 15 is 0 Å². The van der Waals surface area contributed by atoms with Gasteiger partial charge >= 0.3 is 5.97 Å². The Hall–Kier alpha value is -0.250. The van der Waals surface area contributed by atoms with Crippen LogP contribution in [0.15, 0.2) is 0 Å². The molecule has 0 spiro atoms. The molecule has 0 aliphatic rings. The van der Waals surface area contributed by atoms with Crippen LogP contribution in [0.3, 0.4) is 0 Å². The van der Waals surface area contributed by atoms with Crippen molar-refractivity contribution < 1.29 is 13.9 Å². The molecule has 0 fully saturated rings. The van der Waals surface area contributed by atoms with Gasteiger partial charge in [-0.1, -0.05) is 40.0 Å². The smallest absolute Gasteiger partial charge is 0.319 e. The second-order valence-corrected chi connectivity index (χ2v) is 7.47. The van der Waals surface area contributed by atoms with Crippen molar-refractivity contribution in [1.29, 1.82) is 0 Å². The van der Waals surface area contributed by atoms with Crippen molar-refractivity contribution in [2.24, 2.45) is 5.92 Å². The highest BCUT2D eigenvalue weighted by Gasteiger charge is 2.20. The van der Waals surface area contributed by atoms with Gasteiger partial charge in [0.2, 0.25) is 0 Å². The molecule has 0 bridgehead atoms. The van der Waals surface area contributed by atoms with Crippen LogP contribution in [0, 0.1) is 5.92 Å². The third-order valence-corrected chi connectivity index (χ3v) is 4.56. The second kappa shape index (κ2) is 13.4. The van der Waals surface area contributed by atoms with E-state index in [2.05, 4.69) is 6.92 Å². The first-order chi connectivity index (χ1) is 9.97. The van der Waals surface area contributed by atoms with Crippen molar-refractivity contribution >= 4 is 17.7 Å². The monoisotopic (exact) mass is 320 g/mol. The molecule has 0 aromatic rings. The quantitative estimate of drug-likeness (QED) is 0.336. The highest BCUT2D eigenvalue weighted by Crippen LogP contribution is 2.22. The van der Waals surface area contributed by atoms with Crippen LogP contribution in [-0.4, -0.2) is 29.8 Å². The third-order valence-electron chi connectivity index (χ3n) is 3.21. The van der Waals surface area contributed by atoms with Crippen LogP contribution in [0.5, 0.6) is 0 Å². The Morgan fingerprint density at radius 2 is 1.76 bits per heavy atom. The molecule has 2 unspecified atom stereocenters. The lowest BCUT2D eigenvalue weighted by atomic mass is 10.1. The molecule has 0 saturated carbocycles. The lowest BCUT2D eigenvalue weighted by molar-refractivity contribution is -0.144. The molecule has 126 valence electrons. The second-order valence-electron chi connectivity index (χ2n) is 6.16. The minimum atomic E-state index is -0.716. The minimum absolute atomic E-state index is 0.0434. The summed E-state index contributed by atoms with van der Waals surface area (Å²) in [5.74, 6) is 1.23. The summed E-state index contributed by atoms with van der Waals surface area (Å²) >= 11 is 1.69. The van der Waals surface area contributed by atoms with E-state index in [-0.39, 0.29) is 11.2 Å². The van der Waals surface area contributed by atoms with Gasteiger partial charge in [0.25, 0.3) is 0 Å². The fourth-order valence-electron chi connectivity index (χ4n) is 1.94. The number of thioether (sulfide) groups is 1. The SMILES string of the molecule is CCCCCC(SCCCCC(C)F)C(=O)OCC(C)C. The van der Waals surface area contributed by atoms with E-state index in [1.807, 2.05) is 13.8 Å². The number of hydrogen-bond donors (Lipinski definition) is 0. The lowest BCUT2D eigenvalue weighted by Crippen LogP contribution is -2.22. The molecule has 0 rings (SSSR count). The number of unbranched alkanes of at least 4 members (excludes halogenated alkanes) is 3. The zero-order valence-electron chi connectivity index (χ0n) is 14.2. The Morgan fingerprint density at radius 1 is 1.10 bits per heavy atom. The van der Waals surface area contributed by atoms with Gasteiger partial charge in [0.05, 0.1) is 12.8 Å². The van der Waals surface area contributed by atoms with Gasteiger partial charge in [0.15, 0.2) is 0 Å². The number of rotatable bonds is 13. The van der Waals surface area contributed by atoms with Crippen molar-refractivity contribution in [3.05, 3.63) is 0 Å². The summed E-state index contributed by atoms with van der Waals surface area (Å²) in [4.78, 5) is 12.1. The number of halogens is 1. The molecule has 0 amide bonds. The van der Waals surface area contributed by atoms with Crippen LogP contribution >= 0.6 is 11.8 Å². The average molecular weight is 321 g/mol. The molecule has 2 nitrogen and oxygen atoms in total. The summed E-state index contributed by atoms with van der Waals surface area (Å²) in [5.41, 5.74) is 0. The number of carbonyl (C=O) groups is 1. The predicted octanol–water partition coefficient (Wildman–Crippen LogP) is 5.40. The van der Waals surface area contributed by atoms with E-state index < -0.39 is 6.17 Å². The number of hydrogen-bond acceptors (Lipinski definition) is 3. The molecular formula is C17H33FO2S. The molecule has 0 aliphatic carbocycles. The van der Waals surface area contributed by atoms with Crippen molar-refractivity contribution in [3.8, 4) is 0 Å². The molecule has 21 heavy (non-hydrogen) atoms. The molecular weight excluding hydrogens is 287 g/mol. The van der Waals surface area contributed by atoms with E-state index in [4.69, 9.17) is 4.74 Å². The van der Waals surface area contributed by atoms with E-state index in [0.717, 1.165) is 44.3 Å². The lowest BCUT2D eigenvalue weighted by Gasteiger charge is -2.16. The topological polar surface area (TPSA) is 26.3 Å². The Balaban J connectivity index is 4.03. The number of carbonyl (C=O) groups excluding carboxylic acids is 1. The fourth-order valence-corrected chi connectivity index (χ4v) is 3.14. The van der Waals surface area contributed by atoms with Crippen molar-refractivity contribution in [3.63, 3.8) is 0 Å². The average Bonchev–Trinajstić information content (AvgIpc) is 2.42. The minimum Gasteiger partial charge on any atom is -0.465 e. The van der Waals surface area contributed by atoms with Crippen LogP contribution in [0.1, 0.15) is 72.6 Å². The normalized spacial score (nSPS) is 14.2. The van der Waals surface area contributed by atoms with Crippen LogP contribution < -0.4 is 0 Å². The maximum atomic E-state index is 12.7. The molecule has 0 N–H and O–H groups in total. The maximum absolute atomic E-state index is 12.7. The fraction of sp³-hybridized carbons (Fsp3) is 0.941. The summed E-state index contributed by atoms with van der Waals surface area (Å²) in [5, 5.41) is -0.0434. The molecule has 0 aromatic carbocycles. The standard InChI is InChI=1S/C17H33FO2S/c1-5-6-7-11-16(17(19)20-13-14(2)3)21-12-9-8-10-15(4)18/h14-16H,5-13H2,1-4H3. The van der Waals surface area contributed by atoms with E-state index in [1.54, 1.807) is 18.7 Å². The van der Waals surface area contributed by atoms with Gasteiger partial charge < -0.3 is 4.74 Å². The zero-order chi connectivity index (χ0) is 16.1. The van der Waals surface area contributed by atoms with Gasteiger partial charge in [-0.2, -0.15) is 0 Å². The van der Waals surface area contributed by atoms with Crippen LogP contribution in [0.2, 0.25) is 0 Å². The van der Waals surface area contributed by atoms with Crippen molar-refractivity contribution in [2.75, 3.05) is 12.4 Å². The van der Waals surface area contributed by atoms with Crippen LogP contribution in [-0.2, 0) is 9.53 Å². The highest BCUT2D eigenvalue weighted by molar-refractivity contribution is 8.00. The Kier molecular flexibility index (Phi) is 13.3. The van der Waals surface area contributed by atoms with Gasteiger partial charge in [-0.25, -0.2) is 4.39 Å². The van der Waals surface area contributed by atoms with Crippen molar-refractivity contribution in [2.45, 2.75) is 84.1 Å². The highest BCUT2D eigenvalue weighted by atomic mass is 32.2. The Bertz CT molecular complexity index is 257. The van der Waals surface area contributed by atoms with Gasteiger partial charge in [-0.3, -0.25) is 4.79 Å². The largest absolute Gasteiger partial charge is 0.465 e. The van der Waals surface area contributed by atoms with E-state index in [1.165, 1.54) is 0 Å². The molecule has 4 heteroatoms. The number of ether oxygens (including phenoxy) is 1.